The summed E-state index contributed by atoms with van der Waals surface area (Å²) in [4.78, 5) is 16.4. The largest absolute Gasteiger partial charge is 0.497 e. The Morgan fingerprint density at radius 3 is 2.52 bits per heavy atom. The Bertz CT molecular complexity index is 1330. The molecule has 5 rings (SSSR count). The number of carbonyl (C=O) groups excluding carboxylic acids is 1. The number of fused-ring (bicyclic) bond motifs is 1. The number of amides is 1. The van der Waals surface area contributed by atoms with Crippen LogP contribution in [0, 0.1) is 0 Å². The summed E-state index contributed by atoms with van der Waals surface area (Å²) < 4.78 is 16.6. The normalized spacial score (nSPS) is 18.6. The second-order valence-electron chi connectivity index (χ2n) is 10.5. The summed E-state index contributed by atoms with van der Waals surface area (Å²) in [6.45, 7) is 4.27. The van der Waals surface area contributed by atoms with Crippen molar-refractivity contribution in [1.82, 2.24) is 9.80 Å². The van der Waals surface area contributed by atoms with E-state index >= 15 is 0 Å². The molecule has 1 atom stereocenters. The number of β-amino-alcohol motifs (C(OH)–C–C–N with tert-alkyl or cyclic N) is 1. The summed E-state index contributed by atoms with van der Waals surface area (Å²) in [6.07, 6.45) is 3.81. The number of hydrogen-bond donors (Lipinski definition) is 2. The summed E-state index contributed by atoms with van der Waals surface area (Å²) in [6, 6.07) is 19.5. The monoisotopic (exact) mass is 546 g/mol. The van der Waals surface area contributed by atoms with Gasteiger partial charge in [-0.3, -0.25) is 4.79 Å². The SMILES string of the molecule is COc1ccc2cc(C3(O)CCN(CC(O)COc4ccccc4C=CC(=O)N4CCOCC4)CC3)ccc2c1. The molecule has 2 N–H and O–H groups in total. The fourth-order valence-electron chi connectivity index (χ4n) is 5.37. The maximum Gasteiger partial charge on any atom is 0.246 e. The second-order valence-corrected chi connectivity index (χ2v) is 10.5. The molecule has 2 aliphatic rings. The van der Waals surface area contributed by atoms with Gasteiger partial charge in [0.25, 0.3) is 0 Å². The molecule has 2 aliphatic heterocycles. The van der Waals surface area contributed by atoms with E-state index in [1.807, 2.05) is 54.6 Å². The van der Waals surface area contributed by atoms with E-state index in [4.69, 9.17) is 14.2 Å². The Hall–Kier alpha value is -3.43. The average molecular weight is 547 g/mol. The van der Waals surface area contributed by atoms with E-state index in [1.54, 1.807) is 24.2 Å². The predicted octanol–water partition coefficient (Wildman–Crippen LogP) is 3.44. The Morgan fingerprint density at radius 2 is 1.75 bits per heavy atom. The van der Waals surface area contributed by atoms with Gasteiger partial charge in [-0.25, -0.2) is 0 Å². The van der Waals surface area contributed by atoms with E-state index in [0.29, 0.717) is 64.5 Å². The van der Waals surface area contributed by atoms with Crippen LogP contribution >= 0.6 is 0 Å². The molecule has 1 amide bonds. The molecule has 40 heavy (non-hydrogen) atoms. The van der Waals surface area contributed by atoms with Crippen LogP contribution in [0.3, 0.4) is 0 Å². The van der Waals surface area contributed by atoms with E-state index in [9.17, 15) is 15.0 Å². The number of aliphatic hydroxyl groups excluding tert-OH is 1. The number of aliphatic hydroxyl groups is 2. The minimum absolute atomic E-state index is 0.0490. The van der Waals surface area contributed by atoms with Gasteiger partial charge in [-0.05, 0) is 59.5 Å². The maximum absolute atomic E-state index is 12.5. The molecule has 2 saturated heterocycles. The lowest BCUT2D eigenvalue weighted by molar-refractivity contribution is -0.129. The van der Waals surface area contributed by atoms with Gasteiger partial charge in [-0.1, -0.05) is 36.4 Å². The highest BCUT2D eigenvalue weighted by atomic mass is 16.5. The van der Waals surface area contributed by atoms with Crippen LogP contribution in [0.25, 0.3) is 16.8 Å². The van der Waals surface area contributed by atoms with E-state index < -0.39 is 11.7 Å². The Kier molecular flexibility index (Phi) is 9.01. The highest BCUT2D eigenvalue weighted by Gasteiger charge is 2.34. The van der Waals surface area contributed by atoms with Crippen LogP contribution in [-0.2, 0) is 15.1 Å². The number of nitrogens with zero attached hydrogens (tertiary/aromatic N) is 2. The number of methoxy groups -OCH3 is 1. The third-order valence-electron chi connectivity index (χ3n) is 7.82. The number of rotatable bonds is 9. The van der Waals surface area contributed by atoms with Gasteiger partial charge in [0.2, 0.25) is 5.91 Å². The molecule has 3 aromatic rings. The van der Waals surface area contributed by atoms with Gasteiger partial charge in [0, 0.05) is 44.4 Å². The van der Waals surface area contributed by atoms with Gasteiger partial charge in [-0.2, -0.15) is 0 Å². The highest BCUT2D eigenvalue weighted by molar-refractivity contribution is 5.92. The van der Waals surface area contributed by atoms with Crippen LogP contribution in [0.2, 0.25) is 0 Å². The minimum Gasteiger partial charge on any atom is -0.497 e. The van der Waals surface area contributed by atoms with Gasteiger partial charge in [0.1, 0.15) is 24.2 Å². The smallest absolute Gasteiger partial charge is 0.246 e. The zero-order valence-corrected chi connectivity index (χ0v) is 23.0. The van der Waals surface area contributed by atoms with Crippen molar-refractivity contribution in [1.29, 1.82) is 0 Å². The van der Waals surface area contributed by atoms with E-state index in [2.05, 4.69) is 11.0 Å². The summed E-state index contributed by atoms with van der Waals surface area (Å²) >= 11 is 0. The predicted molar refractivity (Wildman–Crippen MR) is 154 cm³/mol. The van der Waals surface area contributed by atoms with Crippen molar-refractivity contribution in [2.24, 2.45) is 0 Å². The Balaban J connectivity index is 1.12. The molecule has 2 heterocycles. The first-order valence-electron chi connectivity index (χ1n) is 13.9. The number of ether oxygens (including phenoxy) is 3. The summed E-state index contributed by atoms with van der Waals surface area (Å²) in [5.74, 6) is 1.38. The number of morpholine rings is 1. The van der Waals surface area contributed by atoms with Crippen LogP contribution < -0.4 is 9.47 Å². The molecule has 1 unspecified atom stereocenters. The fourth-order valence-corrected chi connectivity index (χ4v) is 5.37. The molecule has 212 valence electrons. The van der Waals surface area contributed by atoms with Crippen molar-refractivity contribution >= 4 is 22.8 Å². The van der Waals surface area contributed by atoms with Crippen molar-refractivity contribution in [3.63, 3.8) is 0 Å². The topological polar surface area (TPSA) is 91.7 Å². The lowest BCUT2D eigenvalue weighted by atomic mass is 9.83. The molecule has 0 spiro atoms. The standard InChI is InChI=1S/C32H38N2O6/c1-38-29-10-7-25-20-27(9-6-26(25)21-29)32(37)12-14-33(15-13-32)22-28(35)23-40-30-5-3-2-4-24(30)8-11-31(36)34-16-18-39-19-17-34/h2-11,20-21,28,35,37H,12-19,22-23H2,1H3. The Morgan fingerprint density at radius 1 is 1.02 bits per heavy atom. The van der Waals surface area contributed by atoms with E-state index in [1.165, 1.54) is 0 Å². The van der Waals surface area contributed by atoms with Gasteiger partial charge in [-0.15, -0.1) is 0 Å². The van der Waals surface area contributed by atoms with Gasteiger partial charge in [0.05, 0.1) is 25.9 Å². The van der Waals surface area contributed by atoms with Crippen molar-refractivity contribution in [3.05, 3.63) is 77.9 Å². The number of piperidine rings is 1. The van der Waals surface area contributed by atoms with Crippen LogP contribution in [0.4, 0.5) is 0 Å². The quantitative estimate of drug-likeness (QED) is 0.398. The van der Waals surface area contributed by atoms with Crippen LogP contribution in [0.1, 0.15) is 24.0 Å². The zero-order valence-electron chi connectivity index (χ0n) is 23.0. The first-order valence-corrected chi connectivity index (χ1v) is 13.9. The molecule has 8 nitrogen and oxygen atoms in total. The fraction of sp³-hybridized carbons (Fsp3) is 0.406. The van der Waals surface area contributed by atoms with Crippen molar-refractivity contribution in [3.8, 4) is 11.5 Å². The number of hydrogen-bond acceptors (Lipinski definition) is 7. The highest BCUT2D eigenvalue weighted by Crippen LogP contribution is 2.35. The molecule has 0 radical (unpaired) electrons. The molecule has 0 aromatic heterocycles. The second kappa shape index (κ2) is 12.8. The summed E-state index contributed by atoms with van der Waals surface area (Å²) in [5.41, 5.74) is 0.814. The summed E-state index contributed by atoms with van der Waals surface area (Å²) in [5, 5.41) is 24.3. The van der Waals surface area contributed by atoms with Crippen molar-refractivity contribution < 1.29 is 29.2 Å². The van der Waals surface area contributed by atoms with E-state index in [-0.39, 0.29) is 12.5 Å². The van der Waals surface area contributed by atoms with Gasteiger partial charge < -0.3 is 34.2 Å². The first kappa shape index (κ1) is 28.1. The molecule has 0 bridgehead atoms. The molecule has 0 saturated carbocycles. The maximum atomic E-state index is 12.5. The van der Waals surface area contributed by atoms with Crippen molar-refractivity contribution in [2.75, 3.05) is 59.7 Å². The number of likely N-dealkylation sites (tertiary alicyclic amines) is 1. The van der Waals surface area contributed by atoms with Crippen LogP contribution in [0.15, 0.2) is 66.7 Å². The lowest BCUT2D eigenvalue weighted by Gasteiger charge is -2.39. The van der Waals surface area contributed by atoms with Gasteiger partial charge >= 0.3 is 0 Å². The average Bonchev–Trinajstić information content (AvgIpc) is 3.00. The molecule has 3 aromatic carbocycles. The third-order valence-corrected chi connectivity index (χ3v) is 7.82. The van der Waals surface area contributed by atoms with Crippen molar-refractivity contribution in [2.45, 2.75) is 24.5 Å². The van der Waals surface area contributed by atoms with Crippen LogP contribution in [-0.4, -0.2) is 91.7 Å². The molecular weight excluding hydrogens is 508 g/mol. The van der Waals surface area contributed by atoms with Gasteiger partial charge in [0.15, 0.2) is 0 Å². The zero-order chi connectivity index (χ0) is 28.0. The molecule has 8 heteroatoms. The molecule has 2 fully saturated rings. The third kappa shape index (κ3) is 6.82. The minimum atomic E-state index is -0.893. The number of carbonyl (C=O) groups is 1. The number of para-hydroxylation sites is 1. The number of benzene rings is 3. The lowest BCUT2D eigenvalue weighted by Crippen LogP contribution is -2.46. The summed E-state index contributed by atoms with van der Waals surface area (Å²) in [7, 11) is 1.66. The van der Waals surface area contributed by atoms with E-state index in [0.717, 1.165) is 27.6 Å². The molecular formula is C32H38N2O6. The Labute approximate surface area is 235 Å². The van der Waals surface area contributed by atoms with Crippen LogP contribution in [0.5, 0.6) is 11.5 Å². The molecule has 0 aliphatic carbocycles. The first-order chi connectivity index (χ1) is 19.4.